The summed E-state index contributed by atoms with van der Waals surface area (Å²) in [5.74, 6) is 0.338. The zero-order valence-corrected chi connectivity index (χ0v) is 14.7. The molecule has 3 aromatic heterocycles. The van der Waals surface area contributed by atoms with Crippen molar-refractivity contribution in [3.63, 3.8) is 0 Å². The minimum Gasteiger partial charge on any atom is -0.497 e. The van der Waals surface area contributed by atoms with Crippen molar-refractivity contribution in [3.05, 3.63) is 53.7 Å². The van der Waals surface area contributed by atoms with Crippen LogP contribution in [0, 0.1) is 6.92 Å². The number of methoxy groups -OCH3 is 2. The van der Waals surface area contributed by atoms with Gasteiger partial charge in [0.2, 0.25) is 0 Å². The van der Waals surface area contributed by atoms with Crippen molar-refractivity contribution >= 4 is 28.0 Å². The Morgan fingerprint density at radius 3 is 2.50 bits per heavy atom. The predicted molar refractivity (Wildman–Crippen MR) is 99.5 cm³/mol. The molecule has 130 valence electrons. The topological polar surface area (TPSA) is 77.1 Å². The number of rotatable bonds is 3. The highest BCUT2D eigenvalue weighted by molar-refractivity contribution is 6.12. The van der Waals surface area contributed by atoms with Gasteiger partial charge in [0.05, 0.1) is 36.5 Å². The molecular weight excluding hydrogens is 330 g/mol. The molecule has 4 aromatic rings. The number of esters is 1. The van der Waals surface area contributed by atoms with Crippen molar-refractivity contribution in [1.82, 2.24) is 15.0 Å². The number of aromatic amines is 1. The summed E-state index contributed by atoms with van der Waals surface area (Å²) in [6.07, 6.45) is 0. The largest absolute Gasteiger partial charge is 0.497 e. The summed E-state index contributed by atoms with van der Waals surface area (Å²) in [6, 6.07) is 13.2. The fraction of sp³-hybridized carbons (Fsp3) is 0.150. The lowest BCUT2D eigenvalue weighted by Crippen LogP contribution is -2.03. The van der Waals surface area contributed by atoms with Crippen LogP contribution in [-0.4, -0.2) is 35.1 Å². The van der Waals surface area contributed by atoms with Gasteiger partial charge in [0.1, 0.15) is 11.4 Å². The van der Waals surface area contributed by atoms with Gasteiger partial charge in [-0.15, -0.1) is 0 Å². The summed E-state index contributed by atoms with van der Waals surface area (Å²) in [4.78, 5) is 24.8. The van der Waals surface area contributed by atoms with Gasteiger partial charge in [0.15, 0.2) is 0 Å². The van der Waals surface area contributed by atoms with Crippen molar-refractivity contribution in [3.8, 4) is 17.0 Å². The number of carbonyl (C=O) groups is 1. The molecule has 4 rings (SSSR count). The van der Waals surface area contributed by atoms with Crippen LogP contribution in [-0.2, 0) is 4.74 Å². The van der Waals surface area contributed by atoms with Gasteiger partial charge in [-0.3, -0.25) is 0 Å². The lowest BCUT2D eigenvalue weighted by molar-refractivity contribution is 0.0603. The van der Waals surface area contributed by atoms with E-state index in [2.05, 4.69) is 9.97 Å². The van der Waals surface area contributed by atoms with E-state index in [9.17, 15) is 4.79 Å². The van der Waals surface area contributed by atoms with E-state index >= 15 is 0 Å². The number of pyridine rings is 2. The van der Waals surface area contributed by atoms with E-state index in [1.54, 1.807) is 13.2 Å². The molecule has 0 unspecified atom stereocenters. The number of aryl methyl sites for hydroxylation is 1. The number of aromatic nitrogens is 3. The maximum atomic E-state index is 12.3. The van der Waals surface area contributed by atoms with Gasteiger partial charge in [-0.25, -0.2) is 14.8 Å². The van der Waals surface area contributed by atoms with E-state index in [0.717, 1.165) is 22.4 Å². The Morgan fingerprint density at radius 1 is 1.04 bits per heavy atom. The second-order valence-electron chi connectivity index (χ2n) is 5.97. The summed E-state index contributed by atoms with van der Waals surface area (Å²) in [7, 11) is 2.99. The number of nitrogens with zero attached hydrogens (tertiary/aromatic N) is 2. The molecule has 0 aliphatic carbocycles. The number of hydrogen-bond donors (Lipinski definition) is 1. The van der Waals surface area contributed by atoms with Crippen LogP contribution in [0.25, 0.3) is 33.3 Å². The minimum absolute atomic E-state index is 0.421. The molecule has 3 heterocycles. The number of hydrogen-bond acceptors (Lipinski definition) is 5. The van der Waals surface area contributed by atoms with E-state index in [1.165, 1.54) is 7.11 Å². The number of ether oxygens (including phenoxy) is 2. The lowest BCUT2D eigenvalue weighted by atomic mass is 10.1. The van der Waals surface area contributed by atoms with Crippen molar-refractivity contribution < 1.29 is 14.3 Å². The number of benzene rings is 1. The maximum Gasteiger partial charge on any atom is 0.340 e. The average Bonchev–Trinajstić information content (AvgIpc) is 3.04. The van der Waals surface area contributed by atoms with Gasteiger partial charge in [-0.1, -0.05) is 0 Å². The van der Waals surface area contributed by atoms with E-state index in [-0.39, 0.29) is 0 Å². The molecule has 0 atom stereocenters. The quantitative estimate of drug-likeness (QED) is 0.569. The first-order valence-corrected chi connectivity index (χ1v) is 8.13. The van der Waals surface area contributed by atoms with Crippen LogP contribution in [0.2, 0.25) is 0 Å². The molecule has 0 saturated heterocycles. The molecule has 0 aliphatic heterocycles. The molecule has 26 heavy (non-hydrogen) atoms. The number of nitrogens with one attached hydrogen (secondary N) is 1. The van der Waals surface area contributed by atoms with Crippen LogP contribution in [0.3, 0.4) is 0 Å². The SMILES string of the molecule is COC(=O)c1cc(-c2ccc(OC)cc2)nc2c1[nH]c1nc(C)ccc12. The Hall–Kier alpha value is -3.41. The zero-order chi connectivity index (χ0) is 18.3. The Kier molecular flexibility index (Phi) is 3.80. The Labute approximate surface area is 149 Å². The standard InChI is InChI=1S/C20H17N3O3/c1-11-4-9-14-17-18(23-19(14)21-11)15(20(24)26-3)10-16(22-17)12-5-7-13(25-2)8-6-12/h4-10H,1-3H3,(H,21,23). The molecule has 6 nitrogen and oxygen atoms in total. The van der Waals surface area contributed by atoms with Crippen LogP contribution >= 0.6 is 0 Å². The highest BCUT2D eigenvalue weighted by Crippen LogP contribution is 2.30. The second-order valence-corrected chi connectivity index (χ2v) is 5.97. The van der Waals surface area contributed by atoms with Crippen molar-refractivity contribution in [1.29, 1.82) is 0 Å². The lowest BCUT2D eigenvalue weighted by Gasteiger charge is -2.07. The highest BCUT2D eigenvalue weighted by Gasteiger charge is 2.18. The average molecular weight is 347 g/mol. The number of H-pyrrole nitrogens is 1. The van der Waals surface area contributed by atoms with Gasteiger partial charge in [0.25, 0.3) is 0 Å². The molecule has 0 saturated carbocycles. The van der Waals surface area contributed by atoms with Crippen LogP contribution < -0.4 is 4.74 Å². The van der Waals surface area contributed by atoms with Crippen LogP contribution in [0.1, 0.15) is 16.1 Å². The van der Waals surface area contributed by atoms with Crippen molar-refractivity contribution in [2.75, 3.05) is 14.2 Å². The summed E-state index contributed by atoms with van der Waals surface area (Å²) in [6.45, 7) is 1.92. The molecule has 0 aliphatic rings. The molecule has 0 radical (unpaired) electrons. The monoisotopic (exact) mass is 347 g/mol. The van der Waals surface area contributed by atoms with Crippen LogP contribution in [0.4, 0.5) is 0 Å². The Balaban J connectivity index is 2.01. The van der Waals surface area contributed by atoms with Gasteiger partial charge in [-0.05, 0) is 49.4 Å². The molecule has 0 amide bonds. The van der Waals surface area contributed by atoms with Crippen molar-refractivity contribution in [2.45, 2.75) is 6.92 Å². The first-order valence-electron chi connectivity index (χ1n) is 8.13. The molecule has 0 bridgehead atoms. The maximum absolute atomic E-state index is 12.3. The molecule has 0 spiro atoms. The van der Waals surface area contributed by atoms with E-state index in [1.807, 2.05) is 43.3 Å². The fourth-order valence-electron chi connectivity index (χ4n) is 3.01. The number of fused-ring (bicyclic) bond motifs is 3. The van der Waals surface area contributed by atoms with Gasteiger partial charge >= 0.3 is 5.97 Å². The van der Waals surface area contributed by atoms with Gasteiger partial charge in [-0.2, -0.15) is 0 Å². The molecule has 1 N–H and O–H groups in total. The normalized spacial score (nSPS) is 11.0. The zero-order valence-electron chi connectivity index (χ0n) is 14.7. The second kappa shape index (κ2) is 6.15. The predicted octanol–water partition coefficient (Wildman–Crippen LogP) is 3.88. The summed E-state index contributed by atoms with van der Waals surface area (Å²) in [5, 5.41) is 0.867. The van der Waals surface area contributed by atoms with Crippen LogP contribution in [0.15, 0.2) is 42.5 Å². The molecule has 0 fully saturated rings. The third-order valence-corrected chi connectivity index (χ3v) is 4.34. The van der Waals surface area contributed by atoms with E-state index in [4.69, 9.17) is 14.5 Å². The Morgan fingerprint density at radius 2 is 1.81 bits per heavy atom. The fourth-order valence-corrected chi connectivity index (χ4v) is 3.01. The summed E-state index contributed by atoms with van der Waals surface area (Å²) in [5.41, 5.74) is 4.90. The van der Waals surface area contributed by atoms with Gasteiger partial charge in [0, 0.05) is 16.6 Å². The minimum atomic E-state index is -0.421. The summed E-state index contributed by atoms with van der Waals surface area (Å²) < 4.78 is 10.2. The van der Waals surface area contributed by atoms with E-state index < -0.39 is 5.97 Å². The van der Waals surface area contributed by atoms with Crippen LogP contribution in [0.5, 0.6) is 5.75 Å². The third kappa shape index (κ3) is 2.56. The molecule has 6 heteroatoms. The molecule has 1 aromatic carbocycles. The third-order valence-electron chi connectivity index (χ3n) is 4.34. The number of carbonyl (C=O) groups excluding carboxylic acids is 1. The first-order chi connectivity index (χ1) is 12.6. The van der Waals surface area contributed by atoms with Gasteiger partial charge < -0.3 is 14.5 Å². The summed E-state index contributed by atoms with van der Waals surface area (Å²) >= 11 is 0. The Bertz CT molecular complexity index is 1130. The highest BCUT2D eigenvalue weighted by atomic mass is 16.5. The smallest absolute Gasteiger partial charge is 0.340 e. The first kappa shape index (κ1) is 16.1. The van der Waals surface area contributed by atoms with Crippen molar-refractivity contribution in [2.24, 2.45) is 0 Å². The molecular formula is C20H17N3O3. The van der Waals surface area contributed by atoms with E-state index in [0.29, 0.717) is 27.9 Å².